The number of methoxy groups -OCH3 is 1. The number of ether oxygens (including phenoxy) is 1. The van der Waals surface area contributed by atoms with E-state index in [2.05, 4.69) is 36.7 Å². The molecular formula is C34H35FN4O2S. The molecule has 1 N–H and O–H groups in total. The van der Waals surface area contributed by atoms with E-state index >= 15 is 4.39 Å². The molecule has 2 aliphatic heterocycles. The van der Waals surface area contributed by atoms with E-state index in [9.17, 15) is 4.79 Å². The van der Waals surface area contributed by atoms with Crippen molar-refractivity contribution in [2.45, 2.75) is 45.1 Å². The number of halogens is 1. The first-order valence-electron chi connectivity index (χ1n) is 14.2. The summed E-state index contributed by atoms with van der Waals surface area (Å²) >= 11 is 1.29. The molecule has 42 heavy (non-hydrogen) atoms. The Hall–Kier alpha value is -4.04. The van der Waals surface area contributed by atoms with Crippen LogP contribution >= 0.6 is 11.8 Å². The Morgan fingerprint density at radius 2 is 1.93 bits per heavy atom. The van der Waals surface area contributed by atoms with Gasteiger partial charge in [-0.2, -0.15) is 0 Å². The van der Waals surface area contributed by atoms with Crippen LogP contribution in [0.15, 0.2) is 76.8 Å². The standard InChI is InChI=1S/C34H35FN4O2S/c1-21-19-34(2,3)38(4)30-18-28(35)23(16-27(21)30)17-31-32(40)39(15-14-22-20-36-29-9-7-6-8-26(22)29)33(42-31)37-24-10-12-25(41-5)13-11-24/h6-13,16-18,20-21,36H,14-15,19H2,1-5H3/b31-17+,37-33?. The molecule has 6 nitrogen and oxygen atoms in total. The average Bonchev–Trinajstić information content (AvgIpc) is 3.51. The van der Waals surface area contributed by atoms with Crippen molar-refractivity contribution < 1.29 is 13.9 Å². The van der Waals surface area contributed by atoms with Crippen LogP contribution in [-0.2, 0) is 11.2 Å². The van der Waals surface area contributed by atoms with Gasteiger partial charge in [-0.15, -0.1) is 0 Å². The molecule has 3 heterocycles. The third-order valence-electron chi connectivity index (χ3n) is 8.50. The fraction of sp³-hybridized carbons (Fsp3) is 0.294. The molecule has 0 spiro atoms. The van der Waals surface area contributed by atoms with Crippen LogP contribution < -0.4 is 9.64 Å². The number of aliphatic imine (C=N–C) groups is 1. The van der Waals surface area contributed by atoms with Crippen LogP contribution in [0.5, 0.6) is 5.75 Å². The predicted octanol–water partition coefficient (Wildman–Crippen LogP) is 7.88. The second kappa shape index (κ2) is 11.0. The summed E-state index contributed by atoms with van der Waals surface area (Å²) in [6, 6.07) is 19.1. The fourth-order valence-electron chi connectivity index (χ4n) is 5.98. The van der Waals surface area contributed by atoms with E-state index in [1.54, 1.807) is 24.2 Å². The lowest BCUT2D eigenvalue weighted by Gasteiger charge is -2.45. The van der Waals surface area contributed by atoms with Gasteiger partial charge >= 0.3 is 0 Å². The van der Waals surface area contributed by atoms with E-state index in [1.165, 1.54) is 11.8 Å². The van der Waals surface area contributed by atoms with Gasteiger partial charge in [0.15, 0.2) is 5.17 Å². The number of carbonyl (C=O) groups excluding carboxylic acids is 1. The summed E-state index contributed by atoms with van der Waals surface area (Å²) < 4.78 is 20.8. The van der Waals surface area contributed by atoms with Gasteiger partial charge in [-0.1, -0.05) is 25.1 Å². The SMILES string of the molecule is COc1ccc(N=C2S/C(=C/c3cc4c(cc3F)N(C)C(C)(C)CC4C)C(=O)N2CCc2c[nH]c3ccccc23)cc1. The molecule has 0 bridgehead atoms. The Kier molecular flexibility index (Phi) is 7.35. The molecule has 1 fully saturated rings. The predicted molar refractivity (Wildman–Crippen MR) is 171 cm³/mol. The first-order chi connectivity index (χ1) is 20.1. The van der Waals surface area contributed by atoms with Gasteiger partial charge < -0.3 is 14.6 Å². The molecule has 1 amide bonds. The molecular weight excluding hydrogens is 547 g/mol. The quantitative estimate of drug-likeness (QED) is 0.235. The van der Waals surface area contributed by atoms with E-state index in [0.717, 1.165) is 39.9 Å². The molecule has 3 aromatic carbocycles. The van der Waals surface area contributed by atoms with Crippen molar-refractivity contribution in [2.24, 2.45) is 4.99 Å². The lowest BCUT2D eigenvalue weighted by Crippen LogP contribution is -2.45. The number of fused-ring (bicyclic) bond motifs is 2. The summed E-state index contributed by atoms with van der Waals surface area (Å²) in [5, 5.41) is 1.71. The summed E-state index contributed by atoms with van der Waals surface area (Å²) in [6.45, 7) is 7.00. The Morgan fingerprint density at radius 1 is 1.17 bits per heavy atom. The second-order valence-corrected chi connectivity index (χ2v) is 12.7. The molecule has 0 aliphatic carbocycles. The number of hydrogen-bond acceptors (Lipinski definition) is 5. The summed E-state index contributed by atoms with van der Waals surface area (Å²) in [5.41, 5.74) is 5.28. The van der Waals surface area contributed by atoms with Crippen molar-refractivity contribution in [3.63, 3.8) is 0 Å². The van der Waals surface area contributed by atoms with Gasteiger partial charge in [-0.3, -0.25) is 9.69 Å². The fourth-order valence-corrected chi connectivity index (χ4v) is 7.00. The highest BCUT2D eigenvalue weighted by atomic mass is 32.2. The van der Waals surface area contributed by atoms with Gasteiger partial charge in [0.1, 0.15) is 11.6 Å². The number of hydrogen-bond donors (Lipinski definition) is 1. The van der Waals surface area contributed by atoms with Gasteiger partial charge in [-0.05, 0) is 104 Å². The summed E-state index contributed by atoms with van der Waals surface area (Å²) in [4.78, 5) is 26.3. The van der Waals surface area contributed by atoms with Crippen LogP contribution in [0.25, 0.3) is 17.0 Å². The van der Waals surface area contributed by atoms with Crippen LogP contribution in [0, 0.1) is 5.82 Å². The molecule has 1 atom stereocenters. The number of amides is 1. The number of thioether (sulfide) groups is 1. The van der Waals surface area contributed by atoms with Gasteiger partial charge in [0.05, 0.1) is 17.7 Å². The molecule has 8 heteroatoms. The van der Waals surface area contributed by atoms with Crippen molar-refractivity contribution in [1.29, 1.82) is 0 Å². The van der Waals surface area contributed by atoms with Gasteiger partial charge in [0, 0.05) is 47.5 Å². The highest BCUT2D eigenvalue weighted by molar-refractivity contribution is 8.18. The normalized spacial score (nSPS) is 20.1. The van der Waals surface area contributed by atoms with Crippen molar-refractivity contribution in [1.82, 2.24) is 9.88 Å². The topological polar surface area (TPSA) is 60.9 Å². The minimum Gasteiger partial charge on any atom is -0.497 e. The lowest BCUT2D eigenvalue weighted by molar-refractivity contribution is -0.122. The number of carbonyl (C=O) groups is 1. The average molecular weight is 583 g/mol. The number of amidine groups is 1. The number of benzene rings is 3. The monoisotopic (exact) mass is 582 g/mol. The smallest absolute Gasteiger partial charge is 0.266 e. The Balaban J connectivity index is 1.34. The minimum atomic E-state index is -0.336. The Labute approximate surface area is 250 Å². The molecule has 0 radical (unpaired) electrons. The first kappa shape index (κ1) is 28.1. The third-order valence-corrected chi connectivity index (χ3v) is 9.51. The molecule has 4 aromatic rings. The summed E-state index contributed by atoms with van der Waals surface area (Å²) in [6.07, 6.45) is 5.30. The lowest BCUT2D eigenvalue weighted by atomic mass is 9.80. The molecule has 2 aliphatic rings. The van der Waals surface area contributed by atoms with Gasteiger partial charge in [0.2, 0.25) is 0 Å². The van der Waals surface area contributed by atoms with Gasteiger partial charge in [0.25, 0.3) is 5.91 Å². The zero-order chi connectivity index (χ0) is 29.6. The second-order valence-electron chi connectivity index (χ2n) is 11.7. The molecule has 216 valence electrons. The summed E-state index contributed by atoms with van der Waals surface area (Å²) in [7, 11) is 3.64. The number of aromatic amines is 1. The molecule has 1 unspecified atom stereocenters. The zero-order valence-corrected chi connectivity index (χ0v) is 25.4. The van der Waals surface area contributed by atoms with E-state index in [4.69, 9.17) is 9.73 Å². The number of aromatic nitrogens is 1. The molecule has 0 saturated carbocycles. The van der Waals surface area contributed by atoms with E-state index in [1.807, 2.05) is 61.8 Å². The number of rotatable bonds is 6. The Morgan fingerprint density at radius 3 is 2.69 bits per heavy atom. The first-order valence-corrected chi connectivity index (χ1v) is 15.0. The maximum Gasteiger partial charge on any atom is 0.266 e. The van der Waals surface area contributed by atoms with Crippen molar-refractivity contribution in [3.8, 4) is 5.75 Å². The zero-order valence-electron chi connectivity index (χ0n) is 24.6. The summed E-state index contributed by atoms with van der Waals surface area (Å²) in [5.74, 6) is 0.501. The van der Waals surface area contributed by atoms with Crippen molar-refractivity contribution in [2.75, 3.05) is 25.6 Å². The van der Waals surface area contributed by atoms with E-state index < -0.39 is 0 Å². The highest BCUT2D eigenvalue weighted by Gasteiger charge is 2.36. The van der Waals surface area contributed by atoms with Crippen LogP contribution in [-0.4, -0.2) is 47.2 Å². The van der Waals surface area contributed by atoms with Gasteiger partial charge in [-0.25, -0.2) is 9.38 Å². The van der Waals surface area contributed by atoms with E-state index in [0.29, 0.717) is 34.3 Å². The Bertz CT molecular complexity index is 1720. The van der Waals surface area contributed by atoms with Crippen LogP contribution in [0.4, 0.5) is 15.8 Å². The minimum absolute atomic E-state index is 0.0613. The largest absolute Gasteiger partial charge is 0.497 e. The number of H-pyrrole nitrogens is 1. The molecule has 6 rings (SSSR count). The van der Waals surface area contributed by atoms with Crippen LogP contribution in [0.2, 0.25) is 0 Å². The van der Waals surface area contributed by atoms with Crippen molar-refractivity contribution >= 4 is 51.2 Å². The maximum atomic E-state index is 15.6. The number of nitrogens with one attached hydrogen (secondary N) is 1. The number of anilines is 1. The number of nitrogens with zero attached hydrogens (tertiary/aromatic N) is 3. The van der Waals surface area contributed by atoms with E-state index in [-0.39, 0.29) is 23.2 Å². The third kappa shape index (κ3) is 5.20. The molecule has 1 aromatic heterocycles. The van der Waals surface area contributed by atoms with Crippen molar-refractivity contribution in [3.05, 3.63) is 94.3 Å². The number of para-hydroxylation sites is 1. The maximum absolute atomic E-state index is 15.6. The van der Waals surface area contributed by atoms with Crippen LogP contribution in [0.1, 0.15) is 49.8 Å². The molecule has 1 saturated heterocycles. The highest BCUT2D eigenvalue weighted by Crippen LogP contribution is 2.44. The van der Waals surface area contributed by atoms with Crippen LogP contribution in [0.3, 0.4) is 0 Å².